The van der Waals surface area contributed by atoms with Crippen LogP contribution in [0.5, 0.6) is 11.5 Å². The van der Waals surface area contributed by atoms with Crippen LogP contribution in [0.15, 0.2) is 53.4 Å². The van der Waals surface area contributed by atoms with Crippen molar-refractivity contribution in [3.05, 3.63) is 48.5 Å². The number of benzene rings is 2. The molecule has 1 fully saturated rings. The summed E-state index contributed by atoms with van der Waals surface area (Å²) in [6.45, 7) is 1.88. The van der Waals surface area contributed by atoms with E-state index >= 15 is 0 Å². The summed E-state index contributed by atoms with van der Waals surface area (Å²) < 4.78 is 11.5. The molecule has 2 aromatic carbocycles. The zero-order valence-corrected chi connectivity index (χ0v) is 18.3. The summed E-state index contributed by atoms with van der Waals surface area (Å²) in [5.74, 6) is 1.22. The quantitative estimate of drug-likeness (QED) is 0.703. The number of rotatable bonds is 3. The minimum absolute atomic E-state index is 0.0146. The van der Waals surface area contributed by atoms with Crippen LogP contribution >= 0.6 is 11.8 Å². The molecule has 2 aromatic rings. The minimum atomic E-state index is -0.688. The van der Waals surface area contributed by atoms with Crippen molar-refractivity contribution in [2.75, 3.05) is 50.0 Å². The molecule has 0 aliphatic carbocycles. The molecule has 0 saturated carbocycles. The molecule has 3 amide bonds. The first-order valence-electron chi connectivity index (χ1n) is 10.6. The highest BCUT2D eigenvalue weighted by molar-refractivity contribution is 8.00. The van der Waals surface area contributed by atoms with E-state index < -0.39 is 6.10 Å². The molecule has 3 aliphatic rings. The Morgan fingerprint density at radius 2 is 1.62 bits per heavy atom. The highest BCUT2D eigenvalue weighted by Gasteiger charge is 2.34. The first-order chi connectivity index (χ1) is 15.6. The Hall–Kier alpha value is -3.20. The van der Waals surface area contributed by atoms with E-state index in [2.05, 4.69) is 0 Å². The molecule has 0 aromatic heterocycles. The fourth-order valence-electron chi connectivity index (χ4n) is 4.08. The lowest BCUT2D eigenvalue weighted by Crippen LogP contribution is -2.56. The third-order valence-corrected chi connectivity index (χ3v) is 6.88. The second kappa shape index (κ2) is 8.74. The second-order valence-electron chi connectivity index (χ2n) is 7.81. The number of carbonyl (C=O) groups is 3. The van der Waals surface area contributed by atoms with Crippen LogP contribution in [0.3, 0.4) is 0 Å². The molecule has 166 valence electrons. The zero-order valence-electron chi connectivity index (χ0n) is 17.4. The number of para-hydroxylation sites is 3. The Bertz CT molecular complexity index is 1050. The van der Waals surface area contributed by atoms with E-state index in [1.165, 1.54) is 11.8 Å². The van der Waals surface area contributed by atoms with Crippen LogP contribution in [0.4, 0.5) is 5.69 Å². The van der Waals surface area contributed by atoms with Gasteiger partial charge in [0.2, 0.25) is 17.9 Å². The zero-order chi connectivity index (χ0) is 22.1. The van der Waals surface area contributed by atoms with Crippen LogP contribution in [0, 0.1) is 0 Å². The van der Waals surface area contributed by atoms with E-state index in [4.69, 9.17) is 9.47 Å². The van der Waals surface area contributed by atoms with E-state index in [0.717, 1.165) is 10.6 Å². The maximum absolute atomic E-state index is 12.9. The molecular formula is C23H23N3O5S. The number of carbonyl (C=O) groups excluding carboxylic acids is 3. The molecule has 9 heteroatoms. The molecule has 1 unspecified atom stereocenters. The average molecular weight is 454 g/mol. The van der Waals surface area contributed by atoms with Crippen LogP contribution < -0.4 is 14.4 Å². The summed E-state index contributed by atoms with van der Waals surface area (Å²) in [5.41, 5.74) is 0.783. The summed E-state index contributed by atoms with van der Waals surface area (Å²) in [7, 11) is 0. The smallest absolute Gasteiger partial charge is 0.267 e. The van der Waals surface area contributed by atoms with Crippen LogP contribution in [0.2, 0.25) is 0 Å². The topological polar surface area (TPSA) is 79.4 Å². The van der Waals surface area contributed by atoms with Gasteiger partial charge in [0.25, 0.3) is 5.91 Å². The number of nitrogens with zero attached hydrogens (tertiary/aromatic N) is 3. The Morgan fingerprint density at radius 3 is 2.44 bits per heavy atom. The van der Waals surface area contributed by atoms with Gasteiger partial charge in [0, 0.05) is 31.1 Å². The molecule has 0 radical (unpaired) electrons. The fraction of sp³-hybridized carbons (Fsp3) is 0.348. The van der Waals surface area contributed by atoms with E-state index in [1.54, 1.807) is 20.8 Å². The van der Waals surface area contributed by atoms with E-state index in [1.807, 2.05) is 42.5 Å². The van der Waals surface area contributed by atoms with Gasteiger partial charge in [0.15, 0.2) is 11.5 Å². The predicted octanol–water partition coefficient (Wildman–Crippen LogP) is 1.64. The largest absolute Gasteiger partial charge is 0.485 e. The Balaban J connectivity index is 1.17. The van der Waals surface area contributed by atoms with Crippen molar-refractivity contribution in [2.45, 2.75) is 11.0 Å². The van der Waals surface area contributed by atoms with Gasteiger partial charge in [-0.1, -0.05) is 24.3 Å². The summed E-state index contributed by atoms with van der Waals surface area (Å²) in [6.07, 6.45) is -0.688. The van der Waals surface area contributed by atoms with Crippen molar-refractivity contribution in [1.82, 2.24) is 9.80 Å². The maximum atomic E-state index is 12.9. The number of piperazine rings is 1. The first kappa shape index (κ1) is 20.7. The third kappa shape index (κ3) is 4.00. The second-order valence-corrected chi connectivity index (χ2v) is 8.82. The molecule has 1 saturated heterocycles. The molecule has 3 heterocycles. The lowest BCUT2D eigenvalue weighted by Gasteiger charge is -2.38. The van der Waals surface area contributed by atoms with Gasteiger partial charge in [0.05, 0.1) is 11.4 Å². The molecule has 1 atom stereocenters. The van der Waals surface area contributed by atoms with Crippen LogP contribution in [0.25, 0.3) is 0 Å². The minimum Gasteiger partial charge on any atom is -0.485 e. The lowest BCUT2D eigenvalue weighted by molar-refractivity contribution is -0.145. The molecule has 0 spiro atoms. The number of anilines is 1. The summed E-state index contributed by atoms with van der Waals surface area (Å²) in [5, 5.41) is 0. The third-order valence-electron chi connectivity index (χ3n) is 5.83. The molecule has 3 aliphatic heterocycles. The normalized spacial score (nSPS) is 20.1. The molecule has 8 nitrogen and oxygen atoms in total. The summed E-state index contributed by atoms with van der Waals surface area (Å²) >= 11 is 1.49. The van der Waals surface area contributed by atoms with Crippen LogP contribution in [-0.2, 0) is 14.4 Å². The van der Waals surface area contributed by atoms with Gasteiger partial charge in [-0.05, 0) is 24.3 Å². The summed E-state index contributed by atoms with van der Waals surface area (Å²) in [4.78, 5) is 44.2. The van der Waals surface area contributed by atoms with Gasteiger partial charge in [-0.3, -0.25) is 14.4 Å². The maximum Gasteiger partial charge on any atom is 0.267 e. The Morgan fingerprint density at radius 1 is 0.938 bits per heavy atom. The van der Waals surface area contributed by atoms with Crippen molar-refractivity contribution in [3.63, 3.8) is 0 Å². The van der Waals surface area contributed by atoms with Crippen molar-refractivity contribution in [1.29, 1.82) is 0 Å². The monoisotopic (exact) mass is 453 g/mol. The number of hydrogen-bond acceptors (Lipinski definition) is 6. The van der Waals surface area contributed by atoms with Gasteiger partial charge in [-0.2, -0.15) is 0 Å². The highest BCUT2D eigenvalue weighted by atomic mass is 32.2. The van der Waals surface area contributed by atoms with Gasteiger partial charge < -0.3 is 24.2 Å². The SMILES string of the molecule is O=C(CN1C(=O)CSc2ccccc21)N1CCN(C(=O)C2COc3ccccc3O2)CC1. The van der Waals surface area contributed by atoms with Crippen molar-refractivity contribution in [2.24, 2.45) is 0 Å². The summed E-state index contributed by atoms with van der Waals surface area (Å²) in [6, 6.07) is 14.9. The van der Waals surface area contributed by atoms with Crippen molar-refractivity contribution in [3.8, 4) is 11.5 Å². The van der Waals surface area contributed by atoms with E-state index in [-0.39, 0.29) is 30.9 Å². The molecule has 0 bridgehead atoms. The highest BCUT2D eigenvalue weighted by Crippen LogP contribution is 2.35. The van der Waals surface area contributed by atoms with E-state index in [0.29, 0.717) is 43.4 Å². The number of hydrogen-bond donors (Lipinski definition) is 0. The standard InChI is InChI=1S/C23H23N3O5S/c27-21(13-26-16-5-1-4-8-20(16)32-15-22(26)28)24-9-11-25(12-10-24)23(29)19-14-30-17-6-2-3-7-18(17)31-19/h1-8,19H,9-15H2. The Kier molecular flexibility index (Phi) is 5.65. The molecular weight excluding hydrogens is 430 g/mol. The van der Waals surface area contributed by atoms with E-state index in [9.17, 15) is 14.4 Å². The predicted molar refractivity (Wildman–Crippen MR) is 119 cm³/mol. The lowest BCUT2D eigenvalue weighted by atomic mass is 10.2. The van der Waals surface area contributed by atoms with Gasteiger partial charge >= 0.3 is 0 Å². The van der Waals surface area contributed by atoms with Crippen molar-refractivity contribution >= 4 is 35.2 Å². The number of amides is 3. The van der Waals surface area contributed by atoms with Gasteiger partial charge in [0.1, 0.15) is 13.2 Å². The average Bonchev–Trinajstić information content (AvgIpc) is 2.85. The van der Waals surface area contributed by atoms with Crippen LogP contribution in [-0.4, -0.2) is 78.7 Å². The number of ether oxygens (including phenoxy) is 2. The molecule has 32 heavy (non-hydrogen) atoms. The first-order valence-corrected chi connectivity index (χ1v) is 11.6. The van der Waals surface area contributed by atoms with Crippen molar-refractivity contribution < 1.29 is 23.9 Å². The molecule has 5 rings (SSSR count). The fourth-order valence-corrected chi connectivity index (χ4v) is 5.02. The van der Waals surface area contributed by atoms with Gasteiger partial charge in [-0.15, -0.1) is 11.8 Å². The number of thioether (sulfide) groups is 1. The molecule has 0 N–H and O–H groups in total. The Labute approximate surface area is 190 Å². The van der Waals surface area contributed by atoms with Gasteiger partial charge in [-0.25, -0.2) is 0 Å². The number of fused-ring (bicyclic) bond motifs is 2. The van der Waals surface area contributed by atoms with Crippen LogP contribution in [0.1, 0.15) is 0 Å².